The molecule has 6 nitrogen and oxygen atoms in total. The maximum Gasteiger partial charge on any atom is 0.257 e. The van der Waals surface area contributed by atoms with Crippen molar-refractivity contribution in [3.63, 3.8) is 0 Å². The third-order valence-electron chi connectivity index (χ3n) is 4.18. The molecule has 1 N–H and O–H groups in total. The van der Waals surface area contributed by atoms with Gasteiger partial charge in [0.25, 0.3) is 5.91 Å². The lowest BCUT2D eigenvalue weighted by molar-refractivity contribution is 0.102. The molecule has 0 spiro atoms. The highest BCUT2D eigenvalue weighted by Gasteiger charge is 2.21. The molecule has 1 aliphatic heterocycles. The van der Waals surface area contributed by atoms with Gasteiger partial charge in [0.05, 0.1) is 19.9 Å². The fourth-order valence-electron chi connectivity index (χ4n) is 2.92. The number of fused-ring (bicyclic) bond motifs is 1. The molecule has 134 valence electrons. The van der Waals surface area contributed by atoms with E-state index in [1.54, 1.807) is 43.8 Å². The van der Waals surface area contributed by atoms with Gasteiger partial charge in [0.2, 0.25) is 0 Å². The van der Waals surface area contributed by atoms with Crippen molar-refractivity contribution in [1.82, 2.24) is 9.88 Å². The zero-order valence-electron chi connectivity index (χ0n) is 14.8. The van der Waals surface area contributed by atoms with Crippen molar-refractivity contribution in [2.24, 2.45) is 0 Å². The monoisotopic (exact) mass is 361 g/mol. The maximum atomic E-state index is 12.6. The predicted molar refractivity (Wildman–Crippen MR) is 98.9 cm³/mol. The van der Waals surface area contributed by atoms with Gasteiger partial charge in [0.15, 0.2) is 5.13 Å². The molecule has 0 aliphatic carbocycles. The number of ether oxygens (including phenoxy) is 2. The first-order chi connectivity index (χ1) is 12.1. The Hall–Kier alpha value is -2.12. The van der Waals surface area contributed by atoms with E-state index in [4.69, 9.17) is 9.47 Å². The zero-order chi connectivity index (χ0) is 17.8. The molecule has 2 heterocycles. The molecule has 3 rings (SSSR count). The Morgan fingerprint density at radius 3 is 2.64 bits per heavy atom. The van der Waals surface area contributed by atoms with E-state index in [-0.39, 0.29) is 5.91 Å². The van der Waals surface area contributed by atoms with Crippen molar-refractivity contribution >= 4 is 22.4 Å². The minimum Gasteiger partial charge on any atom is -0.497 e. The molecular weight excluding hydrogens is 338 g/mol. The summed E-state index contributed by atoms with van der Waals surface area (Å²) in [4.78, 5) is 20.8. The Morgan fingerprint density at radius 1 is 1.28 bits per heavy atom. The van der Waals surface area contributed by atoms with Crippen LogP contribution in [0.5, 0.6) is 11.5 Å². The van der Waals surface area contributed by atoms with Gasteiger partial charge < -0.3 is 9.47 Å². The number of carbonyl (C=O) groups is 1. The van der Waals surface area contributed by atoms with Gasteiger partial charge in [-0.25, -0.2) is 4.98 Å². The molecule has 1 aliphatic rings. The van der Waals surface area contributed by atoms with Crippen molar-refractivity contribution in [3.05, 3.63) is 34.3 Å². The van der Waals surface area contributed by atoms with Crippen molar-refractivity contribution in [3.8, 4) is 11.5 Å². The zero-order valence-corrected chi connectivity index (χ0v) is 15.6. The first-order valence-electron chi connectivity index (χ1n) is 8.38. The molecule has 0 radical (unpaired) electrons. The number of rotatable bonds is 6. The van der Waals surface area contributed by atoms with Gasteiger partial charge in [-0.2, -0.15) is 0 Å². The molecule has 1 amide bonds. The van der Waals surface area contributed by atoms with Crippen LogP contribution in [0.15, 0.2) is 18.2 Å². The minimum absolute atomic E-state index is 0.214. The van der Waals surface area contributed by atoms with Gasteiger partial charge in [-0.15, -0.1) is 11.3 Å². The lowest BCUT2D eigenvalue weighted by Gasteiger charge is -2.24. The number of nitrogens with one attached hydrogen (secondary N) is 1. The van der Waals surface area contributed by atoms with Gasteiger partial charge >= 0.3 is 0 Å². The quantitative estimate of drug-likeness (QED) is 0.856. The van der Waals surface area contributed by atoms with Crippen LogP contribution < -0.4 is 14.8 Å². The van der Waals surface area contributed by atoms with E-state index in [0.29, 0.717) is 22.2 Å². The third kappa shape index (κ3) is 4.11. The molecule has 0 saturated carbocycles. The number of amides is 1. The van der Waals surface area contributed by atoms with E-state index in [0.717, 1.165) is 38.2 Å². The summed E-state index contributed by atoms with van der Waals surface area (Å²) >= 11 is 1.56. The number of aromatic nitrogens is 1. The first kappa shape index (κ1) is 17.7. The number of methoxy groups -OCH3 is 2. The van der Waals surface area contributed by atoms with Crippen molar-refractivity contribution in [2.75, 3.05) is 32.6 Å². The van der Waals surface area contributed by atoms with Gasteiger partial charge in [0, 0.05) is 36.0 Å². The lowest BCUT2D eigenvalue weighted by Crippen LogP contribution is -2.30. The number of anilines is 1. The Morgan fingerprint density at radius 2 is 2.00 bits per heavy atom. The van der Waals surface area contributed by atoms with Crippen LogP contribution in [0.4, 0.5) is 5.13 Å². The predicted octanol–water partition coefficient (Wildman–Crippen LogP) is 3.18. The molecular formula is C18H23N3O3S. The summed E-state index contributed by atoms with van der Waals surface area (Å²) < 4.78 is 10.4. The molecule has 0 saturated heterocycles. The van der Waals surface area contributed by atoms with Gasteiger partial charge in [-0.05, 0) is 25.1 Å². The Kier molecular flexibility index (Phi) is 5.55. The van der Waals surface area contributed by atoms with Crippen LogP contribution in [-0.2, 0) is 13.0 Å². The summed E-state index contributed by atoms with van der Waals surface area (Å²) in [5.41, 5.74) is 1.59. The van der Waals surface area contributed by atoms with E-state index < -0.39 is 0 Å². The Bertz CT molecular complexity index is 738. The molecule has 0 atom stereocenters. The molecule has 1 aromatic heterocycles. The molecule has 0 unspecified atom stereocenters. The molecule has 1 aromatic carbocycles. The molecule has 0 fully saturated rings. The minimum atomic E-state index is -0.214. The number of hydrogen-bond donors (Lipinski definition) is 1. The van der Waals surface area contributed by atoms with E-state index in [1.807, 2.05) is 0 Å². The second kappa shape index (κ2) is 7.84. The second-order valence-corrected chi connectivity index (χ2v) is 7.05. The van der Waals surface area contributed by atoms with Crippen molar-refractivity contribution in [2.45, 2.75) is 26.3 Å². The number of thiazole rings is 1. The van der Waals surface area contributed by atoms with Gasteiger partial charge in [-0.3, -0.25) is 15.0 Å². The number of benzene rings is 1. The average molecular weight is 361 g/mol. The van der Waals surface area contributed by atoms with Crippen LogP contribution in [0.3, 0.4) is 0 Å². The third-order valence-corrected chi connectivity index (χ3v) is 5.18. The van der Waals surface area contributed by atoms with Crippen LogP contribution in [0.2, 0.25) is 0 Å². The SMILES string of the molecule is CCCN1CCc2nc(NC(=O)c3cc(OC)cc(OC)c3)sc2C1. The lowest BCUT2D eigenvalue weighted by atomic mass is 10.2. The van der Waals surface area contributed by atoms with Crippen LogP contribution in [0.1, 0.15) is 34.3 Å². The summed E-state index contributed by atoms with van der Waals surface area (Å²) in [6, 6.07) is 5.11. The maximum absolute atomic E-state index is 12.6. The summed E-state index contributed by atoms with van der Waals surface area (Å²) in [7, 11) is 3.13. The highest BCUT2D eigenvalue weighted by Crippen LogP contribution is 2.29. The summed E-state index contributed by atoms with van der Waals surface area (Å²) in [6.07, 6.45) is 2.09. The van der Waals surface area contributed by atoms with Crippen LogP contribution in [-0.4, -0.2) is 43.1 Å². The molecule has 25 heavy (non-hydrogen) atoms. The van der Waals surface area contributed by atoms with Crippen LogP contribution in [0, 0.1) is 0 Å². The fraction of sp³-hybridized carbons (Fsp3) is 0.444. The van der Waals surface area contributed by atoms with Gasteiger partial charge in [0.1, 0.15) is 11.5 Å². The molecule has 0 bridgehead atoms. The number of hydrogen-bond acceptors (Lipinski definition) is 6. The molecule has 7 heteroatoms. The van der Waals surface area contributed by atoms with E-state index in [9.17, 15) is 4.79 Å². The fourth-order valence-corrected chi connectivity index (χ4v) is 3.96. The highest BCUT2D eigenvalue weighted by molar-refractivity contribution is 7.15. The molecule has 2 aromatic rings. The van der Waals surface area contributed by atoms with Gasteiger partial charge in [-0.1, -0.05) is 6.92 Å². The normalized spacial score (nSPS) is 14.0. The topological polar surface area (TPSA) is 63.7 Å². The van der Waals surface area contributed by atoms with Crippen LogP contribution >= 0.6 is 11.3 Å². The largest absolute Gasteiger partial charge is 0.497 e. The Balaban J connectivity index is 1.74. The van der Waals surface area contributed by atoms with Crippen molar-refractivity contribution < 1.29 is 14.3 Å². The smallest absolute Gasteiger partial charge is 0.257 e. The van der Waals surface area contributed by atoms with E-state index in [1.165, 1.54) is 4.88 Å². The summed E-state index contributed by atoms with van der Waals surface area (Å²) in [5.74, 6) is 0.949. The van der Waals surface area contributed by atoms with E-state index in [2.05, 4.69) is 22.1 Å². The average Bonchev–Trinajstić information content (AvgIpc) is 3.02. The summed E-state index contributed by atoms with van der Waals surface area (Å²) in [6.45, 7) is 5.24. The summed E-state index contributed by atoms with van der Waals surface area (Å²) in [5, 5.41) is 3.55. The second-order valence-electron chi connectivity index (χ2n) is 5.97. The Labute approximate surface area is 151 Å². The standard InChI is InChI=1S/C18H23N3O3S/c1-4-6-21-7-5-15-16(11-21)25-18(19-15)20-17(22)12-8-13(23-2)10-14(9-12)24-3/h8-10H,4-7,11H2,1-3H3,(H,19,20,22). The first-order valence-corrected chi connectivity index (χ1v) is 9.20. The van der Waals surface area contributed by atoms with Crippen molar-refractivity contribution in [1.29, 1.82) is 0 Å². The van der Waals surface area contributed by atoms with Crippen LogP contribution in [0.25, 0.3) is 0 Å². The van der Waals surface area contributed by atoms with E-state index >= 15 is 0 Å². The number of carbonyl (C=O) groups excluding carboxylic acids is 1. The highest BCUT2D eigenvalue weighted by atomic mass is 32.1. The number of nitrogens with zero attached hydrogens (tertiary/aromatic N) is 2.